The minimum Gasteiger partial charge on any atom is -0.484 e. The van der Waals surface area contributed by atoms with E-state index in [9.17, 15) is 4.79 Å². The molecule has 0 amide bonds. The summed E-state index contributed by atoms with van der Waals surface area (Å²) < 4.78 is 19.1. The fourth-order valence-corrected chi connectivity index (χ4v) is 4.09. The van der Waals surface area contributed by atoms with Gasteiger partial charge < -0.3 is 14.0 Å². The van der Waals surface area contributed by atoms with E-state index in [0.29, 0.717) is 15.6 Å². The lowest BCUT2D eigenvalue weighted by Gasteiger charge is -2.32. The molecular formula is C20H24BClO4S. The molecule has 0 spiro atoms. The Bertz CT molecular complexity index is 845. The molecule has 0 aliphatic carbocycles. The largest absolute Gasteiger partial charge is 0.505 e. The zero-order valence-electron chi connectivity index (χ0n) is 16.5. The molecule has 27 heavy (non-hydrogen) atoms. The third-order valence-corrected chi connectivity index (χ3v) is 6.75. The molecule has 4 nitrogen and oxygen atoms in total. The van der Waals surface area contributed by atoms with Crippen molar-refractivity contribution in [2.24, 2.45) is 0 Å². The third-order valence-electron chi connectivity index (χ3n) is 5.17. The summed E-state index contributed by atoms with van der Waals surface area (Å²) in [6, 6.07) is 9.38. The summed E-state index contributed by atoms with van der Waals surface area (Å²) >= 11 is 7.63. The highest BCUT2D eigenvalue weighted by Crippen LogP contribution is 2.38. The molecule has 1 saturated heterocycles. The Balaban J connectivity index is 1.89. The second-order valence-electron chi connectivity index (χ2n) is 7.77. The third kappa shape index (κ3) is 3.95. The van der Waals surface area contributed by atoms with E-state index in [-0.39, 0.29) is 11.9 Å². The number of carbonyl (C=O) groups is 1. The van der Waals surface area contributed by atoms with E-state index in [1.165, 1.54) is 18.3 Å². The zero-order valence-corrected chi connectivity index (χ0v) is 18.0. The van der Waals surface area contributed by atoms with Crippen molar-refractivity contribution in [2.45, 2.75) is 58.8 Å². The number of benzene rings is 1. The number of Topliss-reactive ketones (excluding diaryl/α,β-unsaturated/α-hetero) is 1. The maximum atomic E-state index is 12.2. The van der Waals surface area contributed by atoms with Gasteiger partial charge in [0.1, 0.15) is 16.7 Å². The Hall–Kier alpha value is -1.34. The van der Waals surface area contributed by atoms with Crippen molar-refractivity contribution in [3.05, 3.63) is 45.8 Å². The van der Waals surface area contributed by atoms with Gasteiger partial charge in [0.05, 0.1) is 11.2 Å². The number of ether oxygens (including phenoxy) is 1. The van der Waals surface area contributed by atoms with Crippen LogP contribution in [0.2, 0.25) is 5.02 Å². The van der Waals surface area contributed by atoms with E-state index >= 15 is 0 Å². The van der Waals surface area contributed by atoms with Gasteiger partial charge in [-0.2, -0.15) is 0 Å². The monoisotopic (exact) mass is 406 g/mol. The standard InChI is InChI=1S/C20H24BClO4S/c1-12(23)18-16(24-13(2)14-9-7-8-10-15(14)22)11-17(27-18)21-25-19(3,4)20(5,6)26-21/h7-11,13H,1-6H3. The van der Waals surface area contributed by atoms with Gasteiger partial charge in [0.2, 0.25) is 0 Å². The maximum absolute atomic E-state index is 12.2. The lowest BCUT2D eigenvalue weighted by atomic mass is 9.88. The summed E-state index contributed by atoms with van der Waals surface area (Å²) in [5.74, 6) is 0.480. The molecule has 0 bridgehead atoms. The van der Waals surface area contributed by atoms with Crippen LogP contribution in [-0.2, 0) is 9.31 Å². The Morgan fingerprint density at radius 3 is 2.33 bits per heavy atom. The van der Waals surface area contributed by atoms with Crippen LogP contribution in [0.25, 0.3) is 0 Å². The lowest BCUT2D eigenvalue weighted by molar-refractivity contribution is 0.00578. The molecule has 2 heterocycles. The molecule has 0 radical (unpaired) electrons. The highest BCUT2D eigenvalue weighted by Gasteiger charge is 2.52. The first kappa shape index (κ1) is 20.4. The van der Waals surface area contributed by atoms with Gasteiger partial charge in [0.25, 0.3) is 0 Å². The summed E-state index contributed by atoms with van der Waals surface area (Å²) in [5, 5.41) is 0.635. The van der Waals surface area contributed by atoms with Crippen molar-refractivity contribution in [3.63, 3.8) is 0 Å². The van der Waals surface area contributed by atoms with Gasteiger partial charge in [-0.3, -0.25) is 4.79 Å². The van der Waals surface area contributed by atoms with Crippen molar-refractivity contribution in [1.29, 1.82) is 0 Å². The smallest absolute Gasteiger partial charge is 0.484 e. The van der Waals surface area contributed by atoms with Crippen molar-refractivity contribution in [3.8, 4) is 5.75 Å². The number of hydrogen-bond acceptors (Lipinski definition) is 5. The minimum absolute atomic E-state index is 0.0517. The summed E-state index contributed by atoms with van der Waals surface area (Å²) in [6.45, 7) is 11.5. The normalized spacial score (nSPS) is 19.1. The van der Waals surface area contributed by atoms with Gasteiger partial charge in [0.15, 0.2) is 5.78 Å². The van der Waals surface area contributed by atoms with Crippen LogP contribution in [0.3, 0.4) is 0 Å². The van der Waals surface area contributed by atoms with Gasteiger partial charge >= 0.3 is 7.12 Å². The van der Waals surface area contributed by atoms with E-state index in [1.54, 1.807) is 0 Å². The highest BCUT2D eigenvalue weighted by atomic mass is 35.5. The lowest BCUT2D eigenvalue weighted by Crippen LogP contribution is -2.41. The van der Waals surface area contributed by atoms with Crippen LogP contribution in [0.1, 0.15) is 62.9 Å². The molecule has 1 unspecified atom stereocenters. The molecule has 1 aromatic carbocycles. The zero-order chi connectivity index (χ0) is 20.0. The number of rotatable bonds is 5. The molecule has 2 aromatic rings. The van der Waals surface area contributed by atoms with Crippen molar-refractivity contribution in [1.82, 2.24) is 0 Å². The molecule has 1 atom stereocenters. The molecule has 1 aromatic heterocycles. The molecule has 1 aliphatic heterocycles. The number of hydrogen-bond donors (Lipinski definition) is 0. The van der Waals surface area contributed by atoms with Gasteiger partial charge in [0, 0.05) is 22.3 Å². The first-order valence-corrected chi connectivity index (χ1v) is 10.1. The second-order valence-corrected chi connectivity index (χ2v) is 9.26. The summed E-state index contributed by atoms with van der Waals surface area (Å²) in [7, 11) is -0.522. The first-order valence-electron chi connectivity index (χ1n) is 8.93. The molecule has 0 N–H and O–H groups in total. The quantitative estimate of drug-likeness (QED) is 0.515. The molecular weight excluding hydrogens is 383 g/mol. The van der Waals surface area contributed by atoms with Crippen LogP contribution in [0.4, 0.5) is 0 Å². The van der Waals surface area contributed by atoms with Crippen LogP contribution < -0.4 is 9.51 Å². The van der Waals surface area contributed by atoms with E-state index in [2.05, 4.69) is 0 Å². The van der Waals surface area contributed by atoms with Crippen LogP contribution in [0.15, 0.2) is 30.3 Å². The average molecular weight is 407 g/mol. The molecule has 1 fully saturated rings. The van der Waals surface area contributed by atoms with Crippen LogP contribution in [0.5, 0.6) is 5.75 Å². The topological polar surface area (TPSA) is 44.8 Å². The maximum Gasteiger partial charge on any atom is 0.505 e. The van der Waals surface area contributed by atoms with E-state index in [0.717, 1.165) is 10.3 Å². The average Bonchev–Trinajstić information content (AvgIpc) is 3.06. The fraction of sp³-hybridized carbons (Fsp3) is 0.450. The Morgan fingerprint density at radius 2 is 1.78 bits per heavy atom. The Labute approximate surface area is 169 Å². The molecule has 3 rings (SSSR count). The second kappa shape index (κ2) is 7.24. The van der Waals surface area contributed by atoms with Gasteiger partial charge in [-0.25, -0.2) is 0 Å². The van der Waals surface area contributed by atoms with Gasteiger partial charge in [-0.1, -0.05) is 29.8 Å². The first-order chi connectivity index (χ1) is 12.5. The van der Waals surface area contributed by atoms with Gasteiger partial charge in [-0.05, 0) is 46.8 Å². The summed E-state index contributed by atoms with van der Waals surface area (Å²) in [5.41, 5.74) is -0.00884. The SMILES string of the molecule is CC(=O)c1sc(B2OC(C)(C)C(C)(C)O2)cc1OC(C)c1ccccc1Cl. The van der Waals surface area contributed by atoms with Crippen LogP contribution in [-0.4, -0.2) is 24.1 Å². The summed E-state index contributed by atoms with van der Waals surface area (Å²) in [6.07, 6.45) is -0.294. The van der Waals surface area contributed by atoms with E-state index < -0.39 is 18.3 Å². The van der Waals surface area contributed by atoms with Crippen molar-refractivity contribution >= 4 is 40.6 Å². The van der Waals surface area contributed by atoms with Crippen LogP contribution >= 0.6 is 22.9 Å². The Morgan fingerprint density at radius 1 is 1.19 bits per heavy atom. The Kier molecular flexibility index (Phi) is 5.47. The highest BCUT2D eigenvalue weighted by molar-refractivity contribution is 7.24. The minimum atomic E-state index is -0.522. The van der Waals surface area contributed by atoms with Crippen molar-refractivity contribution in [2.75, 3.05) is 0 Å². The fourth-order valence-electron chi connectivity index (χ4n) is 2.86. The van der Waals surface area contributed by atoms with Gasteiger partial charge in [-0.15, -0.1) is 11.3 Å². The molecule has 0 saturated carbocycles. The number of carbonyl (C=O) groups excluding carboxylic acids is 1. The van der Waals surface area contributed by atoms with Crippen molar-refractivity contribution < 1.29 is 18.8 Å². The predicted molar refractivity (Wildman–Crippen MR) is 111 cm³/mol. The molecule has 7 heteroatoms. The summed E-state index contributed by atoms with van der Waals surface area (Å²) in [4.78, 5) is 12.7. The van der Waals surface area contributed by atoms with E-state index in [1.807, 2.05) is 65.0 Å². The van der Waals surface area contributed by atoms with Crippen LogP contribution in [0, 0.1) is 0 Å². The number of ketones is 1. The predicted octanol–water partition coefficient (Wildman–Crippen LogP) is 5.04. The van der Waals surface area contributed by atoms with E-state index in [4.69, 9.17) is 25.6 Å². The number of halogens is 1. The number of thiophene rings is 1. The molecule has 144 valence electrons. The molecule has 1 aliphatic rings.